The smallest absolute Gasteiger partial charge is 0.207 e. The second kappa shape index (κ2) is 11.5. The summed E-state index contributed by atoms with van der Waals surface area (Å²) in [5.74, 6) is 2.68. The van der Waals surface area contributed by atoms with Gasteiger partial charge in [0.25, 0.3) is 0 Å². The number of halogens is 1. The van der Waals surface area contributed by atoms with Gasteiger partial charge in [0.05, 0.1) is 28.4 Å². The van der Waals surface area contributed by atoms with Crippen LogP contribution in [0, 0.1) is 6.92 Å². The molecule has 1 rings (SSSR count). The average Bonchev–Trinajstić information content (AvgIpc) is 2.60. The van der Waals surface area contributed by atoms with Crippen LogP contribution < -0.4 is 18.9 Å². The summed E-state index contributed by atoms with van der Waals surface area (Å²) in [7, 11) is 6.58. The standard InChI is InChI=1S/C19H31BrO4/c1-14-15(12-10-8-6-7-9-11-13-20)17(22-3)19(24-5)18(23-4)16(14)21-2/h6-13H2,1-5H3. The van der Waals surface area contributed by atoms with Gasteiger partial charge < -0.3 is 18.9 Å². The first-order chi connectivity index (χ1) is 11.7. The molecule has 0 aromatic heterocycles. The van der Waals surface area contributed by atoms with E-state index in [-0.39, 0.29) is 0 Å². The first-order valence-corrected chi connectivity index (χ1v) is 9.69. The number of hydrogen-bond acceptors (Lipinski definition) is 4. The van der Waals surface area contributed by atoms with E-state index in [1.54, 1.807) is 28.4 Å². The summed E-state index contributed by atoms with van der Waals surface area (Å²) in [6.07, 6.45) is 8.45. The Morgan fingerprint density at radius 3 is 1.58 bits per heavy atom. The summed E-state index contributed by atoms with van der Waals surface area (Å²) in [6.45, 7) is 2.05. The van der Waals surface area contributed by atoms with Gasteiger partial charge in [-0.2, -0.15) is 0 Å². The van der Waals surface area contributed by atoms with Crippen LogP contribution in [0.4, 0.5) is 0 Å². The van der Waals surface area contributed by atoms with Crippen molar-refractivity contribution in [3.63, 3.8) is 0 Å². The third-order valence-electron chi connectivity index (χ3n) is 4.31. The van der Waals surface area contributed by atoms with Gasteiger partial charge in [0.2, 0.25) is 11.5 Å². The van der Waals surface area contributed by atoms with Crippen LogP contribution in [-0.4, -0.2) is 33.8 Å². The Bertz CT molecular complexity index is 503. The minimum atomic E-state index is 0.591. The van der Waals surface area contributed by atoms with Crippen molar-refractivity contribution in [2.75, 3.05) is 33.8 Å². The third kappa shape index (κ3) is 5.20. The van der Waals surface area contributed by atoms with Gasteiger partial charge in [0.1, 0.15) is 0 Å². The van der Waals surface area contributed by atoms with Crippen molar-refractivity contribution in [2.45, 2.75) is 51.9 Å². The first kappa shape index (κ1) is 20.9. The summed E-state index contributed by atoms with van der Waals surface area (Å²) >= 11 is 3.48. The number of hydrogen-bond donors (Lipinski definition) is 0. The molecule has 0 unspecified atom stereocenters. The molecule has 0 spiro atoms. The van der Waals surface area contributed by atoms with Gasteiger partial charge in [-0.05, 0) is 26.2 Å². The maximum absolute atomic E-state index is 5.63. The summed E-state index contributed by atoms with van der Waals surface area (Å²) in [5, 5.41) is 1.11. The topological polar surface area (TPSA) is 36.9 Å². The normalized spacial score (nSPS) is 10.6. The van der Waals surface area contributed by atoms with Crippen LogP contribution in [-0.2, 0) is 6.42 Å². The Hall–Kier alpha value is -1.10. The Balaban J connectivity index is 2.89. The summed E-state index contributed by atoms with van der Waals surface area (Å²) in [6, 6.07) is 0. The lowest BCUT2D eigenvalue weighted by Crippen LogP contribution is -2.05. The van der Waals surface area contributed by atoms with Crippen molar-refractivity contribution in [2.24, 2.45) is 0 Å². The fraction of sp³-hybridized carbons (Fsp3) is 0.684. The van der Waals surface area contributed by atoms with Crippen LogP contribution in [0.2, 0.25) is 0 Å². The molecule has 4 nitrogen and oxygen atoms in total. The average molecular weight is 403 g/mol. The van der Waals surface area contributed by atoms with Gasteiger partial charge >= 0.3 is 0 Å². The third-order valence-corrected chi connectivity index (χ3v) is 4.87. The second-order valence-electron chi connectivity index (χ2n) is 5.80. The van der Waals surface area contributed by atoms with E-state index in [4.69, 9.17) is 18.9 Å². The van der Waals surface area contributed by atoms with Crippen LogP contribution >= 0.6 is 15.9 Å². The molecule has 1 aromatic rings. The van der Waals surface area contributed by atoms with E-state index in [2.05, 4.69) is 22.9 Å². The monoisotopic (exact) mass is 402 g/mol. The summed E-state index contributed by atoms with van der Waals surface area (Å²) in [4.78, 5) is 0. The van der Waals surface area contributed by atoms with Crippen molar-refractivity contribution >= 4 is 15.9 Å². The fourth-order valence-electron chi connectivity index (χ4n) is 3.06. The number of ether oxygens (including phenoxy) is 4. The van der Waals surface area contributed by atoms with Gasteiger partial charge in [-0.3, -0.25) is 0 Å². The van der Waals surface area contributed by atoms with E-state index in [0.29, 0.717) is 11.5 Å². The van der Waals surface area contributed by atoms with Crippen LogP contribution in [0.5, 0.6) is 23.0 Å². The zero-order valence-electron chi connectivity index (χ0n) is 15.7. The van der Waals surface area contributed by atoms with Crippen molar-refractivity contribution < 1.29 is 18.9 Å². The molecule has 0 heterocycles. The molecule has 0 saturated heterocycles. The predicted octanol–water partition coefficient (Wildman–Crippen LogP) is 5.31. The Labute approximate surface area is 154 Å². The van der Waals surface area contributed by atoms with E-state index in [1.165, 1.54) is 32.1 Å². The SMILES string of the molecule is COc1c(C)c(CCCCCCCCBr)c(OC)c(OC)c1OC. The minimum absolute atomic E-state index is 0.591. The number of benzene rings is 1. The highest BCUT2D eigenvalue weighted by Crippen LogP contribution is 2.49. The highest BCUT2D eigenvalue weighted by molar-refractivity contribution is 9.09. The van der Waals surface area contributed by atoms with Gasteiger partial charge in [-0.25, -0.2) is 0 Å². The Morgan fingerprint density at radius 2 is 1.08 bits per heavy atom. The number of methoxy groups -OCH3 is 4. The molecule has 0 aliphatic carbocycles. The van der Waals surface area contributed by atoms with Crippen LogP contribution in [0.15, 0.2) is 0 Å². The number of unbranched alkanes of at least 4 members (excludes halogenated alkanes) is 5. The zero-order chi connectivity index (χ0) is 17.9. The van der Waals surface area contributed by atoms with Gasteiger partial charge in [-0.1, -0.05) is 41.6 Å². The van der Waals surface area contributed by atoms with Crippen molar-refractivity contribution in [3.8, 4) is 23.0 Å². The molecule has 0 saturated carbocycles. The molecule has 0 atom stereocenters. The molecule has 0 fully saturated rings. The van der Waals surface area contributed by atoms with Crippen LogP contribution in [0.1, 0.15) is 49.7 Å². The fourth-order valence-corrected chi connectivity index (χ4v) is 3.45. The molecule has 0 bridgehead atoms. The molecule has 138 valence electrons. The minimum Gasteiger partial charge on any atom is -0.492 e. The molecule has 0 amide bonds. The predicted molar refractivity (Wildman–Crippen MR) is 103 cm³/mol. The molecular weight excluding hydrogens is 372 g/mol. The number of alkyl halides is 1. The van der Waals surface area contributed by atoms with E-state index < -0.39 is 0 Å². The summed E-state index contributed by atoms with van der Waals surface area (Å²) in [5.41, 5.74) is 2.21. The molecule has 0 N–H and O–H groups in total. The molecule has 0 radical (unpaired) electrons. The first-order valence-electron chi connectivity index (χ1n) is 8.57. The van der Waals surface area contributed by atoms with E-state index in [0.717, 1.165) is 40.8 Å². The summed E-state index contributed by atoms with van der Waals surface area (Å²) < 4.78 is 22.2. The zero-order valence-corrected chi connectivity index (χ0v) is 17.3. The van der Waals surface area contributed by atoms with Crippen molar-refractivity contribution in [3.05, 3.63) is 11.1 Å². The highest BCUT2D eigenvalue weighted by Gasteiger charge is 2.24. The van der Waals surface area contributed by atoms with E-state index in [9.17, 15) is 0 Å². The number of rotatable bonds is 12. The van der Waals surface area contributed by atoms with E-state index in [1.807, 2.05) is 0 Å². The molecule has 1 aromatic carbocycles. The van der Waals surface area contributed by atoms with Crippen molar-refractivity contribution in [1.82, 2.24) is 0 Å². The largest absolute Gasteiger partial charge is 0.492 e. The van der Waals surface area contributed by atoms with E-state index >= 15 is 0 Å². The molecular formula is C19H31BrO4. The van der Waals surface area contributed by atoms with Gasteiger partial charge in [0, 0.05) is 16.5 Å². The lowest BCUT2D eigenvalue weighted by molar-refractivity contribution is 0.302. The lowest BCUT2D eigenvalue weighted by atomic mass is 9.98. The van der Waals surface area contributed by atoms with Gasteiger partial charge in [-0.15, -0.1) is 0 Å². The maximum atomic E-state index is 5.63. The molecule has 0 aliphatic rings. The van der Waals surface area contributed by atoms with Crippen molar-refractivity contribution in [1.29, 1.82) is 0 Å². The molecule has 0 aliphatic heterocycles. The Morgan fingerprint density at radius 1 is 0.625 bits per heavy atom. The Kier molecular flexibility index (Phi) is 9.99. The van der Waals surface area contributed by atoms with Crippen LogP contribution in [0.25, 0.3) is 0 Å². The second-order valence-corrected chi connectivity index (χ2v) is 6.59. The quantitative estimate of drug-likeness (QED) is 0.350. The maximum Gasteiger partial charge on any atom is 0.207 e. The molecule has 5 heteroatoms. The van der Waals surface area contributed by atoms with Gasteiger partial charge in [0.15, 0.2) is 11.5 Å². The van der Waals surface area contributed by atoms with Crippen LogP contribution in [0.3, 0.4) is 0 Å². The molecule has 24 heavy (non-hydrogen) atoms. The lowest BCUT2D eigenvalue weighted by Gasteiger charge is -2.21. The highest BCUT2D eigenvalue weighted by atomic mass is 79.9.